The first-order valence-corrected chi connectivity index (χ1v) is 8.65. The summed E-state index contributed by atoms with van der Waals surface area (Å²) in [4.78, 5) is 15.1. The van der Waals surface area contributed by atoms with Crippen LogP contribution in [0.5, 0.6) is 0 Å². The molecule has 2 N–H and O–H groups in total. The summed E-state index contributed by atoms with van der Waals surface area (Å²) in [7, 11) is 0. The normalized spacial score (nSPS) is 14.7. The van der Waals surface area contributed by atoms with Crippen LogP contribution in [0.1, 0.15) is 10.4 Å². The molecule has 0 fully saturated rings. The van der Waals surface area contributed by atoms with Gasteiger partial charge in [0.15, 0.2) is 0 Å². The first kappa shape index (κ1) is 16.2. The number of thiazole rings is 1. The number of nitrogens with one attached hydrogen (secondary N) is 2. The molecule has 0 radical (unpaired) electrons. The van der Waals surface area contributed by atoms with Gasteiger partial charge in [-0.2, -0.15) is 5.10 Å². The fraction of sp³-hybridized carbons (Fsp3) is 0. The highest BCUT2D eigenvalue weighted by Crippen LogP contribution is 2.25. The van der Waals surface area contributed by atoms with E-state index in [1.54, 1.807) is 18.3 Å². The standard InChI is InChI=1S/C19H13FN4OS/c20-14-6-8-15(9-7-14)22-18-16(26-19(25)23-18)10-13-11-21-24-17(13)12-4-2-1-3-5-12/h1-11,22H,(H,23,25)/b13-10+. The molecule has 5 nitrogen and oxygen atoms in total. The zero-order valence-corrected chi connectivity index (χ0v) is 14.3. The number of aromatic nitrogens is 1. The largest absolute Gasteiger partial charge is 0.341 e. The Bertz CT molecular complexity index is 1080. The number of aromatic amines is 1. The molecule has 1 aliphatic rings. The number of halogens is 1. The van der Waals surface area contributed by atoms with Gasteiger partial charge in [0, 0.05) is 16.8 Å². The molecule has 1 aliphatic heterocycles. The van der Waals surface area contributed by atoms with Gasteiger partial charge in [-0.25, -0.2) is 4.39 Å². The van der Waals surface area contributed by atoms with Crippen molar-refractivity contribution in [3.05, 3.63) is 86.1 Å². The van der Waals surface area contributed by atoms with Crippen LogP contribution in [0, 0.1) is 5.82 Å². The van der Waals surface area contributed by atoms with Gasteiger partial charge >= 0.3 is 4.87 Å². The van der Waals surface area contributed by atoms with E-state index in [1.807, 2.05) is 36.4 Å². The molecule has 128 valence electrons. The van der Waals surface area contributed by atoms with Gasteiger partial charge in [-0.1, -0.05) is 41.7 Å². The molecular formula is C19H13FN4OS. The van der Waals surface area contributed by atoms with Crippen LogP contribution >= 0.6 is 11.3 Å². The maximum Gasteiger partial charge on any atom is 0.306 e. The van der Waals surface area contributed by atoms with Crippen molar-refractivity contribution < 1.29 is 4.39 Å². The van der Waals surface area contributed by atoms with Crippen molar-refractivity contribution in [2.24, 2.45) is 10.2 Å². The second kappa shape index (κ2) is 6.89. The van der Waals surface area contributed by atoms with Gasteiger partial charge in [0.1, 0.15) is 17.3 Å². The summed E-state index contributed by atoms with van der Waals surface area (Å²) in [5.41, 5.74) is 3.19. The lowest BCUT2D eigenvalue weighted by molar-refractivity contribution is 0.628. The van der Waals surface area contributed by atoms with Crippen molar-refractivity contribution in [2.45, 2.75) is 0 Å². The smallest absolute Gasteiger partial charge is 0.306 e. The molecule has 0 aliphatic carbocycles. The van der Waals surface area contributed by atoms with Crippen LogP contribution in [0.25, 0.3) is 6.08 Å². The van der Waals surface area contributed by atoms with E-state index in [1.165, 1.54) is 12.1 Å². The predicted octanol–water partition coefficient (Wildman–Crippen LogP) is 4.19. The summed E-state index contributed by atoms with van der Waals surface area (Å²) in [6, 6.07) is 15.6. The lowest BCUT2D eigenvalue weighted by Crippen LogP contribution is -2.02. The van der Waals surface area contributed by atoms with Gasteiger partial charge in [-0.15, -0.1) is 5.10 Å². The van der Waals surface area contributed by atoms with Crippen LogP contribution in [0.3, 0.4) is 0 Å². The zero-order valence-electron chi connectivity index (χ0n) is 13.4. The zero-order chi connectivity index (χ0) is 17.9. The highest BCUT2D eigenvalue weighted by atomic mass is 32.1. The van der Waals surface area contributed by atoms with Crippen molar-refractivity contribution in [3.8, 4) is 0 Å². The molecule has 0 saturated carbocycles. The lowest BCUT2D eigenvalue weighted by atomic mass is 10.0. The fourth-order valence-corrected chi connectivity index (χ4v) is 3.29. The van der Waals surface area contributed by atoms with Gasteiger partial charge in [-0.3, -0.25) is 9.78 Å². The maximum atomic E-state index is 13.1. The van der Waals surface area contributed by atoms with Crippen molar-refractivity contribution in [1.82, 2.24) is 4.98 Å². The number of hydrogen-bond acceptors (Lipinski definition) is 5. The number of rotatable bonds is 4. The average Bonchev–Trinajstić information content (AvgIpc) is 3.25. The Balaban J connectivity index is 1.67. The summed E-state index contributed by atoms with van der Waals surface area (Å²) in [6.45, 7) is 0. The SMILES string of the molecule is O=c1[nH]c(Nc2ccc(F)cc2)c(/C=C2\C=NN=C2c2ccccc2)s1. The number of H-pyrrole nitrogens is 1. The summed E-state index contributed by atoms with van der Waals surface area (Å²) < 4.78 is 13.1. The molecule has 1 aromatic heterocycles. The van der Waals surface area contributed by atoms with Gasteiger partial charge in [0.05, 0.1) is 11.1 Å². The molecular weight excluding hydrogens is 351 g/mol. The first-order chi connectivity index (χ1) is 12.7. The lowest BCUT2D eigenvalue weighted by Gasteiger charge is -2.06. The monoisotopic (exact) mass is 364 g/mol. The highest BCUT2D eigenvalue weighted by molar-refractivity contribution is 7.10. The molecule has 3 aromatic rings. The molecule has 0 spiro atoms. The van der Waals surface area contributed by atoms with E-state index in [0.29, 0.717) is 16.4 Å². The van der Waals surface area contributed by atoms with E-state index in [0.717, 1.165) is 28.2 Å². The summed E-state index contributed by atoms with van der Waals surface area (Å²) in [5, 5.41) is 11.3. The van der Waals surface area contributed by atoms with Crippen LogP contribution in [-0.2, 0) is 0 Å². The Morgan fingerprint density at radius 1 is 1.08 bits per heavy atom. The second-order valence-corrected chi connectivity index (χ2v) is 6.56. The van der Waals surface area contributed by atoms with E-state index in [4.69, 9.17) is 0 Å². The Morgan fingerprint density at radius 2 is 1.85 bits per heavy atom. The van der Waals surface area contributed by atoms with E-state index in [9.17, 15) is 9.18 Å². The van der Waals surface area contributed by atoms with Crippen LogP contribution < -0.4 is 10.2 Å². The highest BCUT2D eigenvalue weighted by Gasteiger charge is 2.15. The fourth-order valence-electron chi connectivity index (χ4n) is 2.55. The molecule has 0 amide bonds. The minimum Gasteiger partial charge on any atom is -0.341 e. The third kappa shape index (κ3) is 3.38. The molecule has 7 heteroatoms. The van der Waals surface area contributed by atoms with E-state index >= 15 is 0 Å². The van der Waals surface area contributed by atoms with Gasteiger partial charge in [0.2, 0.25) is 0 Å². The van der Waals surface area contributed by atoms with Crippen LogP contribution in [0.4, 0.5) is 15.9 Å². The summed E-state index contributed by atoms with van der Waals surface area (Å²) in [6.07, 6.45) is 3.52. The van der Waals surface area contributed by atoms with Crippen LogP contribution in [0.15, 0.2) is 75.2 Å². The van der Waals surface area contributed by atoms with E-state index in [2.05, 4.69) is 20.5 Å². The topological polar surface area (TPSA) is 69.6 Å². The number of hydrogen-bond donors (Lipinski definition) is 2. The van der Waals surface area contributed by atoms with E-state index in [-0.39, 0.29) is 10.7 Å². The molecule has 0 bridgehead atoms. The number of allylic oxidation sites excluding steroid dienone is 1. The Hall–Kier alpha value is -3.32. The van der Waals surface area contributed by atoms with Gasteiger partial charge in [-0.05, 0) is 30.3 Å². The predicted molar refractivity (Wildman–Crippen MR) is 104 cm³/mol. The van der Waals surface area contributed by atoms with Crippen molar-refractivity contribution in [3.63, 3.8) is 0 Å². The van der Waals surface area contributed by atoms with Gasteiger partial charge < -0.3 is 5.32 Å². The maximum absolute atomic E-state index is 13.1. The summed E-state index contributed by atoms with van der Waals surface area (Å²) in [5.74, 6) is 0.231. The number of nitrogens with zero attached hydrogens (tertiary/aromatic N) is 2. The first-order valence-electron chi connectivity index (χ1n) is 7.83. The minimum absolute atomic E-state index is 0.186. The molecule has 0 saturated heterocycles. The Labute approximate surface area is 152 Å². The molecule has 2 aromatic carbocycles. The quantitative estimate of drug-likeness (QED) is 0.729. The Morgan fingerprint density at radius 3 is 2.62 bits per heavy atom. The summed E-state index contributed by atoms with van der Waals surface area (Å²) >= 11 is 1.08. The number of benzene rings is 2. The van der Waals surface area contributed by atoms with Crippen LogP contribution in [-0.4, -0.2) is 16.9 Å². The average molecular weight is 364 g/mol. The molecule has 26 heavy (non-hydrogen) atoms. The minimum atomic E-state index is -0.317. The van der Waals surface area contributed by atoms with Crippen molar-refractivity contribution >= 4 is 40.8 Å². The van der Waals surface area contributed by atoms with Crippen molar-refractivity contribution in [1.29, 1.82) is 0 Å². The number of anilines is 2. The molecule has 2 heterocycles. The second-order valence-electron chi connectivity index (χ2n) is 5.54. The Kier molecular flexibility index (Phi) is 4.28. The van der Waals surface area contributed by atoms with Crippen molar-refractivity contribution in [2.75, 3.05) is 5.32 Å². The van der Waals surface area contributed by atoms with Crippen LogP contribution in [0.2, 0.25) is 0 Å². The third-order valence-corrected chi connectivity index (χ3v) is 4.58. The molecule has 0 atom stereocenters. The van der Waals surface area contributed by atoms with Gasteiger partial charge in [0.25, 0.3) is 0 Å². The molecule has 4 rings (SSSR count). The van der Waals surface area contributed by atoms with E-state index < -0.39 is 0 Å². The third-order valence-electron chi connectivity index (χ3n) is 3.75. The molecule has 0 unspecified atom stereocenters.